The number of carbonyl (C=O) groups is 1. The minimum atomic E-state index is -1.34. The van der Waals surface area contributed by atoms with Crippen LogP contribution in [0, 0.1) is 18.2 Å². The summed E-state index contributed by atoms with van der Waals surface area (Å²) < 4.78 is 21.6. The third kappa shape index (κ3) is 5.81. The third-order valence-electron chi connectivity index (χ3n) is 6.10. The third-order valence-corrected chi connectivity index (χ3v) is 7.35. The number of hydrogen-bond donors (Lipinski definition) is 2. The Morgan fingerprint density at radius 2 is 1.95 bits per heavy atom. The Labute approximate surface area is 223 Å². The lowest BCUT2D eigenvalue weighted by Gasteiger charge is -2.26. The van der Waals surface area contributed by atoms with Crippen LogP contribution in [0.1, 0.15) is 49.8 Å². The fourth-order valence-corrected chi connectivity index (χ4v) is 5.26. The molecule has 2 heterocycles. The Kier molecular flexibility index (Phi) is 8.78. The van der Waals surface area contributed by atoms with Gasteiger partial charge in [-0.1, -0.05) is 5.16 Å². The first-order valence-corrected chi connectivity index (χ1v) is 12.8. The molecule has 0 radical (unpaired) electrons. The van der Waals surface area contributed by atoms with E-state index < -0.39 is 28.6 Å². The quantitative estimate of drug-likeness (QED) is 0.297. The topological polar surface area (TPSA) is 124 Å². The van der Waals surface area contributed by atoms with Crippen LogP contribution < -0.4 is 21.3 Å². The van der Waals surface area contributed by atoms with Crippen molar-refractivity contribution in [3.05, 3.63) is 60.9 Å². The SMILES string of the molecule is CON=Cc1sc2c(c1C)c(=O)n(CC(C)(C)C(=O)NC(C)C)c(=O)n2CC(O)c1cc(F)ccc1OC. The largest absolute Gasteiger partial charge is 0.496 e. The number of amides is 1. The number of ether oxygens (including phenoxy) is 1. The smallest absolute Gasteiger partial charge is 0.332 e. The summed E-state index contributed by atoms with van der Waals surface area (Å²) >= 11 is 1.14. The highest BCUT2D eigenvalue weighted by Gasteiger charge is 2.32. The number of rotatable bonds is 10. The van der Waals surface area contributed by atoms with Gasteiger partial charge < -0.3 is 20.0 Å². The van der Waals surface area contributed by atoms with E-state index in [0.717, 1.165) is 22.0 Å². The summed E-state index contributed by atoms with van der Waals surface area (Å²) in [6.07, 6.45) is 0.0910. The van der Waals surface area contributed by atoms with Crippen LogP contribution in [-0.4, -0.2) is 46.6 Å². The van der Waals surface area contributed by atoms with Crippen molar-refractivity contribution in [3.63, 3.8) is 0 Å². The van der Waals surface area contributed by atoms with Crippen LogP contribution in [0.4, 0.5) is 4.39 Å². The molecule has 0 aliphatic heterocycles. The summed E-state index contributed by atoms with van der Waals surface area (Å²) in [6, 6.07) is 3.60. The Morgan fingerprint density at radius 1 is 1.26 bits per heavy atom. The highest BCUT2D eigenvalue weighted by Crippen LogP contribution is 2.31. The molecule has 206 valence electrons. The van der Waals surface area contributed by atoms with Crippen LogP contribution in [0.25, 0.3) is 10.2 Å². The molecule has 0 spiro atoms. The molecule has 2 aromatic heterocycles. The molecule has 3 rings (SSSR count). The second kappa shape index (κ2) is 11.5. The van der Waals surface area contributed by atoms with E-state index in [1.54, 1.807) is 20.8 Å². The normalized spacial score (nSPS) is 12.9. The van der Waals surface area contributed by atoms with E-state index in [0.29, 0.717) is 15.3 Å². The van der Waals surface area contributed by atoms with E-state index in [4.69, 9.17) is 9.57 Å². The van der Waals surface area contributed by atoms with Gasteiger partial charge in [0.15, 0.2) is 0 Å². The summed E-state index contributed by atoms with van der Waals surface area (Å²) in [5, 5.41) is 18.0. The fraction of sp³-hybridized carbons (Fsp3) is 0.462. The summed E-state index contributed by atoms with van der Waals surface area (Å²) in [5.41, 5.74) is -1.65. The molecule has 1 amide bonds. The number of carbonyl (C=O) groups excluding carboxylic acids is 1. The zero-order valence-electron chi connectivity index (χ0n) is 22.5. The number of halogens is 1. The van der Waals surface area contributed by atoms with Crippen LogP contribution in [0.3, 0.4) is 0 Å². The molecule has 3 aromatic rings. The predicted octanol–water partition coefficient (Wildman–Crippen LogP) is 2.95. The number of methoxy groups -OCH3 is 1. The van der Waals surface area contributed by atoms with Crippen LogP contribution in [0.5, 0.6) is 5.75 Å². The predicted molar refractivity (Wildman–Crippen MR) is 145 cm³/mol. The Morgan fingerprint density at radius 3 is 2.55 bits per heavy atom. The second-order valence-electron chi connectivity index (χ2n) is 9.89. The highest BCUT2D eigenvalue weighted by molar-refractivity contribution is 7.20. The molecule has 2 N–H and O–H groups in total. The lowest BCUT2D eigenvalue weighted by atomic mass is 9.91. The van der Waals surface area contributed by atoms with Gasteiger partial charge in [0.05, 0.1) is 35.5 Å². The number of nitrogens with one attached hydrogen (secondary N) is 1. The monoisotopic (exact) mass is 548 g/mol. The molecule has 1 atom stereocenters. The molecule has 0 aliphatic rings. The number of nitrogens with zero attached hydrogens (tertiary/aromatic N) is 3. The molecule has 12 heteroatoms. The van der Waals surface area contributed by atoms with Gasteiger partial charge in [-0.05, 0) is 58.4 Å². The van der Waals surface area contributed by atoms with Gasteiger partial charge in [-0.25, -0.2) is 9.18 Å². The fourth-order valence-electron chi connectivity index (χ4n) is 4.10. The molecule has 0 saturated carbocycles. The van der Waals surface area contributed by atoms with Crippen molar-refractivity contribution in [2.24, 2.45) is 10.6 Å². The molecule has 0 fully saturated rings. The van der Waals surface area contributed by atoms with Crippen LogP contribution in [0.15, 0.2) is 32.9 Å². The van der Waals surface area contributed by atoms with Gasteiger partial charge in [0, 0.05) is 18.2 Å². The van der Waals surface area contributed by atoms with E-state index in [1.165, 1.54) is 37.1 Å². The molecule has 0 aliphatic carbocycles. The van der Waals surface area contributed by atoms with Crippen LogP contribution in [0.2, 0.25) is 0 Å². The molecule has 0 saturated heterocycles. The number of hydrogen-bond acceptors (Lipinski definition) is 8. The summed E-state index contributed by atoms with van der Waals surface area (Å²) in [6.45, 7) is 8.16. The lowest BCUT2D eigenvalue weighted by molar-refractivity contribution is -0.130. The molecule has 0 bridgehead atoms. The van der Waals surface area contributed by atoms with E-state index >= 15 is 0 Å². The Hall–Kier alpha value is -3.51. The minimum Gasteiger partial charge on any atom is -0.496 e. The number of aliphatic hydroxyl groups excluding tert-OH is 1. The van der Waals surface area contributed by atoms with E-state index in [9.17, 15) is 23.9 Å². The number of benzene rings is 1. The number of aryl methyl sites for hydroxylation is 1. The average molecular weight is 549 g/mol. The maximum atomic E-state index is 14.0. The van der Waals surface area contributed by atoms with Crippen molar-refractivity contribution in [1.29, 1.82) is 0 Å². The first-order chi connectivity index (χ1) is 17.8. The van der Waals surface area contributed by atoms with Gasteiger partial charge >= 0.3 is 5.69 Å². The zero-order chi connectivity index (χ0) is 28.4. The first-order valence-electron chi connectivity index (χ1n) is 12.0. The number of oxime groups is 1. The maximum Gasteiger partial charge on any atom is 0.332 e. The average Bonchev–Trinajstić information content (AvgIpc) is 3.18. The van der Waals surface area contributed by atoms with Crippen LogP contribution >= 0.6 is 11.3 Å². The highest BCUT2D eigenvalue weighted by atomic mass is 32.1. The van der Waals surface area contributed by atoms with Crippen molar-refractivity contribution in [1.82, 2.24) is 14.5 Å². The van der Waals surface area contributed by atoms with Gasteiger partial charge in [0.2, 0.25) is 5.91 Å². The minimum absolute atomic E-state index is 0.129. The maximum absolute atomic E-state index is 14.0. The molecule has 10 nitrogen and oxygen atoms in total. The molecule has 38 heavy (non-hydrogen) atoms. The van der Waals surface area contributed by atoms with Crippen LogP contribution in [-0.2, 0) is 22.7 Å². The van der Waals surface area contributed by atoms with E-state index in [-0.39, 0.29) is 41.7 Å². The van der Waals surface area contributed by atoms with Gasteiger partial charge in [0.25, 0.3) is 5.56 Å². The molecule has 1 aromatic carbocycles. The van der Waals surface area contributed by atoms with Crippen molar-refractivity contribution in [3.8, 4) is 5.75 Å². The van der Waals surface area contributed by atoms with E-state index in [2.05, 4.69) is 10.5 Å². The Bertz CT molecular complexity index is 1490. The van der Waals surface area contributed by atoms with E-state index in [1.807, 2.05) is 13.8 Å². The molecule has 1 unspecified atom stereocenters. The standard InChI is InChI=1S/C26H33FN4O6S/c1-14(2)29-24(34)26(4,5)13-31-22(33)21-15(3)20(11-28-37-7)38-23(21)30(25(31)35)12-18(32)17-10-16(27)8-9-19(17)36-6/h8-11,14,18,32H,12-13H2,1-7H3,(H,29,34). The number of fused-ring (bicyclic) bond motifs is 1. The van der Waals surface area contributed by atoms with Gasteiger partial charge in [-0.15, -0.1) is 11.3 Å². The van der Waals surface area contributed by atoms with Crippen molar-refractivity contribution < 1.29 is 23.9 Å². The zero-order valence-corrected chi connectivity index (χ0v) is 23.3. The lowest BCUT2D eigenvalue weighted by Crippen LogP contribution is -2.48. The number of aliphatic hydroxyl groups is 1. The molecular formula is C26H33FN4O6S. The van der Waals surface area contributed by atoms with Crippen molar-refractivity contribution >= 4 is 33.7 Å². The van der Waals surface area contributed by atoms with Gasteiger partial charge in [-0.3, -0.25) is 18.7 Å². The molecular weight excluding hydrogens is 515 g/mol. The van der Waals surface area contributed by atoms with Crippen molar-refractivity contribution in [2.45, 2.75) is 59.9 Å². The Balaban J connectivity index is 2.25. The number of aromatic nitrogens is 2. The van der Waals surface area contributed by atoms with Gasteiger partial charge in [-0.2, -0.15) is 0 Å². The summed E-state index contributed by atoms with van der Waals surface area (Å²) in [7, 11) is 2.78. The van der Waals surface area contributed by atoms with Crippen molar-refractivity contribution in [2.75, 3.05) is 14.2 Å². The second-order valence-corrected chi connectivity index (χ2v) is 10.9. The summed E-state index contributed by atoms with van der Waals surface area (Å²) in [5.74, 6) is -0.645. The summed E-state index contributed by atoms with van der Waals surface area (Å²) in [4.78, 5) is 45.9. The first kappa shape index (κ1) is 29.1. The number of thiophene rings is 1. The van der Waals surface area contributed by atoms with Gasteiger partial charge in [0.1, 0.15) is 29.6 Å².